The zero-order valence-corrected chi connectivity index (χ0v) is 13.3. The molecule has 1 aromatic carbocycles. The summed E-state index contributed by atoms with van der Waals surface area (Å²) in [4.78, 5) is 19.8. The quantitative estimate of drug-likeness (QED) is 0.779. The standard InChI is InChI=1S/C17H13ClFN3O/c1-9-16(19)15(18)12-7-10(3-5-13(12)22-9)11-4-6-14(21-8-11)17(23)20-2/h3-8H,1-2H3,(H,20,23). The van der Waals surface area contributed by atoms with Gasteiger partial charge in [-0.25, -0.2) is 9.37 Å². The van der Waals surface area contributed by atoms with E-state index in [2.05, 4.69) is 15.3 Å². The summed E-state index contributed by atoms with van der Waals surface area (Å²) < 4.78 is 13.9. The summed E-state index contributed by atoms with van der Waals surface area (Å²) in [6.45, 7) is 1.58. The molecule has 0 unspecified atom stereocenters. The summed E-state index contributed by atoms with van der Waals surface area (Å²) in [5, 5.41) is 3.12. The Bertz CT molecular complexity index is 910. The van der Waals surface area contributed by atoms with Gasteiger partial charge in [-0.05, 0) is 30.7 Å². The van der Waals surface area contributed by atoms with Crippen molar-refractivity contribution < 1.29 is 9.18 Å². The minimum atomic E-state index is -0.510. The maximum Gasteiger partial charge on any atom is 0.269 e. The molecule has 0 saturated carbocycles. The Labute approximate surface area is 137 Å². The minimum absolute atomic E-state index is 0.0595. The fourth-order valence-electron chi connectivity index (χ4n) is 2.32. The molecular weight excluding hydrogens is 317 g/mol. The van der Waals surface area contributed by atoms with Crippen molar-refractivity contribution >= 4 is 28.4 Å². The molecule has 0 aliphatic heterocycles. The van der Waals surface area contributed by atoms with Gasteiger partial charge in [-0.3, -0.25) is 9.78 Å². The van der Waals surface area contributed by atoms with Crippen LogP contribution < -0.4 is 5.32 Å². The van der Waals surface area contributed by atoms with Gasteiger partial charge in [0.05, 0.1) is 16.2 Å². The van der Waals surface area contributed by atoms with Crippen molar-refractivity contribution in [2.45, 2.75) is 6.92 Å². The topological polar surface area (TPSA) is 54.9 Å². The van der Waals surface area contributed by atoms with E-state index in [1.165, 1.54) is 0 Å². The van der Waals surface area contributed by atoms with E-state index in [1.807, 2.05) is 6.07 Å². The van der Waals surface area contributed by atoms with Crippen LogP contribution in [0, 0.1) is 12.7 Å². The zero-order chi connectivity index (χ0) is 16.6. The fourth-order valence-corrected chi connectivity index (χ4v) is 2.61. The van der Waals surface area contributed by atoms with Crippen LogP contribution in [0.4, 0.5) is 4.39 Å². The van der Waals surface area contributed by atoms with Crippen molar-refractivity contribution in [1.82, 2.24) is 15.3 Å². The van der Waals surface area contributed by atoms with Gasteiger partial charge < -0.3 is 5.32 Å². The third-order valence-corrected chi connectivity index (χ3v) is 3.96. The van der Waals surface area contributed by atoms with Crippen LogP contribution in [0.5, 0.6) is 0 Å². The zero-order valence-electron chi connectivity index (χ0n) is 12.5. The minimum Gasteiger partial charge on any atom is -0.354 e. The summed E-state index contributed by atoms with van der Waals surface area (Å²) >= 11 is 6.09. The van der Waals surface area contributed by atoms with Crippen LogP contribution in [-0.2, 0) is 0 Å². The van der Waals surface area contributed by atoms with E-state index in [0.29, 0.717) is 16.6 Å². The molecule has 1 N–H and O–H groups in total. The van der Waals surface area contributed by atoms with Gasteiger partial charge in [-0.15, -0.1) is 0 Å². The molecule has 23 heavy (non-hydrogen) atoms. The van der Waals surface area contributed by atoms with Crippen molar-refractivity contribution in [1.29, 1.82) is 0 Å². The van der Waals surface area contributed by atoms with Gasteiger partial charge in [0.2, 0.25) is 0 Å². The molecule has 0 fully saturated rings. The van der Waals surface area contributed by atoms with Crippen LogP contribution in [-0.4, -0.2) is 22.9 Å². The van der Waals surface area contributed by atoms with E-state index in [-0.39, 0.29) is 16.6 Å². The maximum atomic E-state index is 13.9. The second kappa shape index (κ2) is 5.93. The first-order chi connectivity index (χ1) is 11.0. The fraction of sp³-hybridized carbons (Fsp3) is 0.118. The van der Waals surface area contributed by atoms with Crippen molar-refractivity contribution in [3.05, 3.63) is 58.8 Å². The second-order valence-electron chi connectivity index (χ2n) is 5.07. The number of pyridine rings is 2. The number of nitrogens with zero attached hydrogens (tertiary/aromatic N) is 2. The number of benzene rings is 1. The number of rotatable bonds is 2. The number of halogens is 2. The first kappa shape index (κ1) is 15.4. The SMILES string of the molecule is CNC(=O)c1ccc(-c2ccc3nc(C)c(F)c(Cl)c3c2)cn1. The Morgan fingerprint density at radius 2 is 1.96 bits per heavy atom. The van der Waals surface area contributed by atoms with Gasteiger partial charge in [0.15, 0.2) is 5.82 Å². The maximum absolute atomic E-state index is 13.9. The van der Waals surface area contributed by atoms with Crippen molar-refractivity contribution in [2.24, 2.45) is 0 Å². The lowest BCUT2D eigenvalue weighted by Gasteiger charge is -2.08. The van der Waals surface area contributed by atoms with Gasteiger partial charge in [0, 0.05) is 24.2 Å². The lowest BCUT2D eigenvalue weighted by Crippen LogP contribution is -2.18. The van der Waals surface area contributed by atoms with E-state index in [0.717, 1.165) is 11.1 Å². The highest BCUT2D eigenvalue weighted by molar-refractivity contribution is 6.35. The van der Waals surface area contributed by atoms with Gasteiger partial charge in [-0.2, -0.15) is 0 Å². The second-order valence-corrected chi connectivity index (χ2v) is 5.45. The van der Waals surface area contributed by atoms with Gasteiger partial charge in [0.25, 0.3) is 5.91 Å². The number of fused-ring (bicyclic) bond motifs is 1. The molecule has 0 aliphatic rings. The molecular formula is C17H13ClFN3O. The smallest absolute Gasteiger partial charge is 0.269 e. The highest BCUT2D eigenvalue weighted by Crippen LogP contribution is 2.30. The van der Waals surface area contributed by atoms with E-state index in [4.69, 9.17) is 11.6 Å². The van der Waals surface area contributed by atoms with E-state index >= 15 is 0 Å². The predicted molar refractivity (Wildman–Crippen MR) is 88.1 cm³/mol. The first-order valence-electron chi connectivity index (χ1n) is 6.95. The molecule has 4 nitrogen and oxygen atoms in total. The molecule has 0 aliphatic carbocycles. The largest absolute Gasteiger partial charge is 0.354 e. The van der Waals surface area contributed by atoms with Crippen molar-refractivity contribution in [3.8, 4) is 11.1 Å². The van der Waals surface area contributed by atoms with Crippen molar-refractivity contribution in [3.63, 3.8) is 0 Å². The van der Waals surface area contributed by atoms with Crippen LogP contribution in [0.25, 0.3) is 22.0 Å². The van der Waals surface area contributed by atoms with Gasteiger partial charge in [0.1, 0.15) is 5.69 Å². The Morgan fingerprint density at radius 3 is 2.61 bits per heavy atom. The summed E-state index contributed by atoms with van der Waals surface area (Å²) in [7, 11) is 1.55. The molecule has 6 heteroatoms. The summed E-state index contributed by atoms with van der Waals surface area (Å²) in [5.41, 5.74) is 2.86. The number of carbonyl (C=O) groups is 1. The number of hydrogen-bond acceptors (Lipinski definition) is 3. The third kappa shape index (κ3) is 2.75. The summed E-state index contributed by atoms with van der Waals surface area (Å²) in [6, 6.07) is 8.83. The molecule has 3 rings (SSSR count). The van der Waals surface area contributed by atoms with Crippen LogP contribution in [0.15, 0.2) is 36.5 Å². The van der Waals surface area contributed by atoms with E-state index in [9.17, 15) is 9.18 Å². The molecule has 1 amide bonds. The first-order valence-corrected chi connectivity index (χ1v) is 7.33. The number of carbonyl (C=O) groups excluding carboxylic acids is 1. The average molecular weight is 330 g/mol. The Balaban J connectivity index is 2.08. The number of aryl methyl sites for hydroxylation is 1. The summed E-state index contributed by atoms with van der Waals surface area (Å²) in [6.07, 6.45) is 1.59. The predicted octanol–water partition coefficient (Wildman–Crippen LogP) is 3.76. The molecule has 3 aromatic rings. The van der Waals surface area contributed by atoms with Crippen LogP contribution in [0.3, 0.4) is 0 Å². The Morgan fingerprint density at radius 1 is 1.22 bits per heavy atom. The Kier molecular flexibility index (Phi) is 3.96. The molecule has 0 atom stereocenters. The third-order valence-electron chi connectivity index (χ3n) is 3.59. The number of aromatic nitrogens is 2. The summed E-state index contributed by atoms with van der Waals surface area (Å²) in [5.74, 6) is -0.760. The van der Waals surface area contributed by atoms with Crippen molar-refractivity contribution in [2.75, 3.05) is 7.05 Å². The van der Waals surface area contributed by atoms with Crippen LogP contribution in [0.1, 0.15) is 16.2 Å². The van der Waals surface area contributed by atoms with Crippen LogP contribution >= 0.6 is 11.6 Å². The highest BCUT2D eigenvalue weighted by Gasteiger charge is 2.12. The van der Waals surface area contributed by atoms with Crippen LogP contribution in [0.2, 0.25) is 5.02 Å². The molecule has 0 spiro atoms. The molecule has 2 heterocycles. The molecule has 0 bridgehead atoms. The molecule has 2 aromatic heterocycles. The van der Waals surface area contributed by atoms with E-state index in [1.54, 1.807) is 44.4 Å². The highest BCUT2D eigenvalue weighted by atomic mass is 35.5. The number of amides is 1. The number of hydrogen-bond donors (Lipinski definition) is 1. The van der Waals surface area contributed by atoms with E-state index < -0.39 is 5.82 Å². The lowest BCUT2D eigenvalue weighted by molar-refractivity contribution is 0.0958. The number of nitrogens with one attached hydrogen (secondary N) is 1. The molecule has 0 radical (unpaired) electrons. The Hall–Kier alpha value is -2.53. The molecule has 0 saturated heterocycles. The van der Waals surface area contributed by atoms with Gasteiger partial charge in [-0.1, -0.05) is 23.7 Å². The molecule has 116 valence electrons. The lowest BCUT2D eigenvalue weighted by atomic mass is 10.0. The normalized spacial score (nSPS) is 10.8. The van der Waals surface area contributed by atoms with Gasteiger partial charge >= 0.3 is 0 Å². The monoisotopic (exact) mass is 329 g/mol. The average Bonchev–Trinajstić information content (AvgIpc) is 2.59.